The molecule has 0 bridgehead atoms. The molecule has 1 fully saturated rings. The first-order valence-corrected chi connectivity index (χ1v) is 10.3. The predicted molar refractivity (Wildman–Crippen MR) is 117 cm³/mol. The van der Waals surface area contributed by atoms with Crippen LogP contribution in [0.2, 0.25) is 0 Å². The standard InChI is InChI=1S/C22H24FN3O2S/c1-4-25(5-2)18-10-7-16(8-11-18)12-20-21(27)26(22(28)29-20)14-24-19-13-17(23)9-6-15(19)3/h6-13,24H,4-5,14H2,1-3H3. The maximum atomic E-state index is 13.4. The molecule has 2 aromatic rings. The van der Waals surface area contributed by atoms with Crippen molar-refractivity contribution in [3.8, 4) is 0 Å². The molecule has 0 unspecified atom stereocenters. The van der Waals surface area contributed by atoms with E-state index in [0.29, 0.717) is 10.6 Å². The number of hydrogen-bond donors (Lipinski definition) is 1. The number of anilines is 2. The minimum Gasteiger partial charge on any atom is -0.372 e. The topological polar surface area (TPSA) is 52.7 Å². The highest BCUT2D eigenvalue weighted by Crippen LogP contribution is 2.32. The zero-order valence-corrected chi connectivity index (χ0v) is 17.6. The van der Waals surface area contributed by atoms with E-state index in [1.54, 1.807) is 12.1 Å². The number of imide groups is 1. The highest BCUT2D eigenvalue weighted by Gasteiger charge is 2.34. The number of amides is 2. The smallest absolute Gasteiger partial charge is 0.295 e. The van der Waals surface area contributed by atoms with Crippen LogP contribution in [0.4, 0.5) is 20.6 Å². The van der Waals surface area contributed by atoms with Gasteiger partial charge >= 0.3 is 0 Å². The summed E-state index contributed by atoms with van der Waals surface area (Å²) in [5.74, 6) is -0.727. The SMILES string of the molecule is CCN(CC)c1ccc(C=C2SC(=O)N(CNc3cc(F)ccc3C)C2=O)cc1. The summed E-state index contributed by atoms with van der Waals surface area (Å²) in [5.41, 5.74) is 3.37. The van der Waals surface area contributed by atoms with E-state index in [4.69, 9.17) is 0 Å². The summed E-state index contributed by atoms with van der Waals surface area (Å²) in [7, 11) is 0. The lowest BCUT2D eigenvalue weighted by Gasteiger charge is -2.20. The lowest BCUT2D eigenvalue weighted by molar-refractivity contribution is -0.122. The van der Waals surface area contributed by atoms with Gasteiger partial charge in [0.05, 0.1) is 11.6 Å². The highest BCUT2D eigenvalue weighted by molar-refractivity contribution is 8.18. The molecule has 29 heavy (non-hydrogen) atoms. The minimum absolute atomic E-state index is 0.00675. The zero-order valence-electron chi connectivity index (χ0n) is 16.7. The van der Waals surface area contributed by atoms with Gasteiger partial charge in [-0.15, -0.1) is 0 Å². The van der Waals surface area contributed by atoms with Crippen molar-refractivity contribution in [2.45, 2.75) is 20.8 Å². The van der Waals surface area contributed by atoms with Crippen LogP contribution in [-0.2, 0) is 4.79 Å². The molecule has 2 amide bonds. The average Bonchev–Trinajstić information content (AvgIpc) is 2.97. The molecule has 0 aliphatic carbocycles. The second-order valence-corrected chi connectivity index (χ2v) is 7.66. The van der Waals surface area contributed by atoms with Crippen LogP contribution in [0.5, 0.6) is 0 Å². The number of aryl methyl sites for hydroxylation is 1. The Kier molecular flexibility index (Phi) is 6.59. The van der Waals surface area contributed by atoms with Crippen molar-refractivity contribution >= 4 is 40.4 Å². The normalized spacial score (nSPS) is 15.3. The first kappa shape index (κ1) is 20.9. The van der Waals surface area contributed by atoms with Crippen LogP contribution in [0.15, 0.2) is 47.4 Å². The number of nitrogens with one attached hydrogen (secondary N) is 1. The Morgan fingerprint density at radius 2 is 1.79 bits per heavy atom. The summed E-state index contributed by atoms with van der Waals surface area (Å²) in [6.45, 7) is 7.88. The molecule has 0 radical (unpaired) electrons. The van der Waals surface area contributed by atoms with Crippen LogP contribution in [0.25, 0.3) is 6.08 Å². The maximum Gasteiger partial charge on any atom is 0.295 e. The first-order valence-electron chi connectivity index (χ1n) is 9.53. The van der Waals surface area contributed by atoms with E-state index in [9.17, 15) is 14.0 Å². The van der Waals surface area contributed by atoms with Gasteiger partial charge in [0.15, 0.2) is 0 Å². The third kappa shape index (κ3) is 4.79. The molecular formula is C22H24FN3O2S. The molecule has 1 N–H and O–H groups in total. The number of carbonyl (C=O) groups excluding carboxylic acids is 2. The van der Waals surface area contributed by atoms with E-state index in [1.807, 2.05) is 31.2 Å². The quantitative estimate of drug-likeness (QED) is 0.641. The first-order chi connectivity index (χ1) is 13.9. The number of rotatable bonds is 7. The molecule has 152 valence electrons. The summed E-state index contributed by atoms with van der Waals surface area (Å²) in [4.78, 5) is 28.7. The van der Waals surface area contributed by atoms with E-state index in [-0.39, 0.29) is 23.6 Å². The fourth-order valence-electron chi connectivity index (χ4n) is 3.11. The second-order valence-electron chi connectivity index (χ2n) is 6.67. The van der Waals surface area contributed by atoms with Crippen LogP contribution in [-0.4, -0.2) is 35.8 Å². The van der Waals surface area contributed by atoms with Gasteiger partial charge in [-0.05, 0) is 74.0 Å². The van der Waals surface area contributed by atoms with E-state index in [1.165, 1.54) is 12.1 Å². The highest BCUT2D eigenvalue weighted by atomic mass is 32.2. The molecule has 0 aromatic heterocycles. The molecule has 1 heterocycles. The molecule has 3 rings (SSSR count). The maximum absolute atomic E-state index is 13.4. The van der Waals surface area contributed by atoms with Crippen molar-refractivity contribution in [1.82, 2.24) is 4.90 Å². The average molecular weight is 414 g/mol. The number of thioether (sulfide) groups is 1. The monoisotopic (exact) mass is 413 g/mol. The fraction of sp³-hybridized carbons (Fsp3) is 0.273. The third-order valence-corrected chi connectivity index (χ3v) is 5.73. The number of hydrogen-bond acceptors (Lipinski definition) is 5. The van der Waals surface area contributed by atoms with Crippen molar-refractivity contribution in [2.75, 3.05) is 30.0 Å². The Hall–Kier alpha value is -2.80. The fourth-order valence-corrected chi connectivity index (χ4v) is 3.94. The lowest BCUT2D eigenvalue weighted by Crippen LogP contribution is -2.33. The molecule has 1 aliphatic heterocycles. The number of halogens is 1. The van der Waals surface area contributed by atoms with Crippen molar-refractivity contribution in [1.29, 1.82) is 0 Å². The second kappa shape index (κ2) is 9.13. The Bertz CT molecular complexity index is 940. The number of nitrogens with zero attached hydrogens (tertiary/aromatic N) is 2. The summed E-state index contributed by atoms with van der Waals surface area (Å²) < 4.78 is 13.4. The number of carbonyl (C=O) groups is 2. The predicted octanol–water partition coefficient (Wildman–Crippen LogP) is 5.09. The Morgan fingerprint density at radius 3 is 2.45 bits per heavy atom. The van der Waals surface area contributed by atoms with Crippen LogP contribution >= 0.6 is 11.8 Å². The molecule has 7 heteroatoms. The molecule has 1 aliphatic rings. The van der Waals surface area contributed by atoms with Crippen LogP contribution in [0, 0.1) is 12.7 Å². The summed E-state index contributed by atoms with van der Waals surface area (Å²) >= 11 is 0.913. The molecule has 0 saturated carbocycles. The summed E-state index contributed by atoms with van der Waals surface area (Å²) in [6, 6.07) is 12.3. The van der Waals surface area contributed by atoms with E-state index >= 15 is 0 Å². The van der Waals surface area contributed by atoms with Gasteiger partial charge < -0.3 is 10.2 Å². The van der Waals surface area contributed by atoms with Crippen molar-refractivity contribution in [3.63, 3.8) is 0 Å². The third-order valence-electron chi connectivity index (χ3n) is 4.82. The molecular weight excluding hydrogens is 389 g/mol. The lowest BCUT2D eigenvalue weighted by atomic mass is 10.1. The zero-order chi connectivity index (χ0) is 21.0. The van der Waals surface area contributed by atoms with Gasteiger partial charge in [0.25, 0.3) is 11.1 Å². The number of benzene rings is 2. The van der Waals surface area contributed by atoms with Gasteiger partial charge in [0.2, 0.25) is 0 Å². The van der Waals surface area contributed by atoms with Crippen molar-refractivity contribution in [2.24, 2.45) is 0 Å². The molecule has 1 saturated heterocycles. The molecule has 2 aromatic carbocycles. The van der Waals surface area contributed by atoms with Gasteiger partial charge in [-0.1, -0.05) is 18.2 Å². The van der Waals surface area contributed by atoms with Crippen LogP contribution in [0.1, 0.15) is 25.0 Å². The van der Waals surface area contributed by atoms with Crippen LogP contribution in [0.3, 0.4) is 0 Å². The van der Waals surface area contributed by atoms with E-state index in [0.717, 1.165) is 46.6 Å². The molecule has 5 nitrogen and oxygen atoms in total. The van der Waals surface area contributed by atoms with Crippen molar-refractivity contribution in [3.05, 3.63) is 64.3 Å². The van der Waals surface area contributed by atoms with Gasteiger partial charge in [0, 0.05) is 24.5 Å². The Morgan fingerprint density at radius 1 is 1.10 bits per heavy atom. The molecule has 0 atom stereocenters. The van der Waals surface area contributed by atoms with Gasteiger partial charge in [-0.25, -0.2) is 4.39 Å². The van der Waals surface area contributed by atoms with E-state index < -0.39 is 0 Å². The van der Waals surface area contributed by atoms with Crippen LogP contribution < -0.4 is 10.2 Å². The summed E-state index contributed by atoms with van der Waals surface area (Å²) in [6.07, 6.45) is 1.73. The van der Waals surface area contributed by atoms with Gasteiger partial charge in [-0.2, -0.15) is 0 Å². The van der Waals surface area contributed by atoms with Crippen molar-refractivity contribution < 1.29 is 14.0 Å². The largest absolute Gasteiger partial charge is 0.372 e. The van der Waals surface area contributed by atoms with Gasteiger partial charge in [0.1, 0.15) is 5.82 Å². The molecule has 0 spiro atoms. The Labute approximate surface area is 174 Å². The van der Waals surface area contributed by atoms with E-state index in [2.05, 4.69) is 24.1 Å². The Balaban J connectivity index is 1.70. The van der Waals surface area contributed by atoms with Gasteiger partial charge in [-0.3, -0.25) is 14.5 Å². The minimum atomic E-state index is -0.375. The summed E-state index contributed by atoms with van der Waals surface area (Å²) in [5, 5.41) is 2.63.